The summed E-state index contributed by atoms with van der Waals surface area (Å²) in [5.41, 5.74) is -0.325. The van der Waals surface area contributed by atoms with E-state index in [4.69, 9.17) is 9.84 Å². The fourth-order valence-corrected chi connectivity index (χ4v) is 2.17. The molecule has 1 rings (SSSR count). The van der Waals surface area contributed by atoms with Gasteiger partial charge in [-0.3, -0.25) is 0 Å². The molecule has 1 fully saturated rings. The predicted molar refractivity (Wildman–Crippen MR) is 52.9 cm³/mol. The Hall–Kier alpha value is -0.200. The van der Waals surface area contributed by atoms with Crippen LogP contribution in [0.1, 0.15) is 20.8 Å². The van der Waals surface area contributed by atoms with Crippen LogP contribution in [0.4, 0.5) is 0 Å². The molecule has 0 bridgehead atoms. The highest BCUT2D eigenvalue weighted by Gasteiger charge is 2.48. The summed E-state index contributed by atoms with van der Waals surface area (Å²) < 4.78 is 5.05. The van der Waals surface area contributed by atoms with Crippen molar-refractivity contribution < 1.29 is 25.2 Å². The minimum Gasteiger partial charge on any atom is -0.394 e. The molecule has 1 aliphatic rings. The van der Waals surface area contributed by atoms with E-state index in [0.717, 1.165) is 0 Å². The summed E-state index contributed by atoms with van der Waals surface area (Å²) in [5, 5.41) is 37.7. The van der Waals surface area contributed by atoms with Gasteiger partial charge >= 0.3 is 0 Å². The Labute approximate surface area is 89.3 Å². The largest absolute Gasteiger partial charge is 0.394 e. The van der Waals surface area contributed by atoms with Crippen LogP contribution in [0.5, 0.6) is 0 Å². The molecule has 0 aliphatic carbocycles. The molecule has 1 saturated heterocycles. The first-order valence-corrected chi connectivity index (χ1v) is 5.09. The van der Waals surface area contributed by atoms with Gasteiger partial charge in [0.1, 0.15) is 6.10 Å². The Kier molecular flexibility index (Phi) is 3.73. The topological polar surface area (TPSA) is 90.2 Å². The van der Waals surface area contributed by atoms with E-state index in [1.807, 2.05) is 20.8 Å². The molecule has 5 nitrogen and oxygen atoms in total. The summed E-state index contributed by atoms with van der Waals surface area (Å²) in [6, 6.07) is 0. The molecular weight excluding hydrogens is 200 g/mol. The van der Waals surface area contributed by atoms with E-state index in [1.165, 1.54) is 0 Å². The van der Waals surface area contributed by atoms with Crippen LogP contribution in [-0.4, -0.2) is 51.6 Å². The molecule has 1 aliphatic heterocycles. The Morgan fingerprint density at radius 3 is 2.00 bits per heavy atom. The molecule has 90 valence electrons. The van der Waals surface area contributed by atoms with Gasteiger partial charge in [-0.05, 0) is 5.41 Å². The highest BCUT2D eigenvalue weighted by Crippen LogP contribution is 2.38. The molecule has 5 unspecified atom stereocenters. The zero-order valence-corrected chi connectivity index (χ0v) is 9.29. The summed E-state index contributed by atoms with van der Waals surface area (Å²) in [4.78, 5) is 0. The Balaban J connectivity index is 2.90. The van der Waals surface area contributed by atoms with E-state index in [-0.39, 0.29) is 12.0 Å². The lowest BCUT2D eigenvalue weighted by molar-refractivity contribution is -0.286. The molecule has 15 heavy (non-hydrogen) atoms. The van der Waals surface area contributed by atoms with Crippen molar-refractivity contribution in [2.75, 3.05) is 6.61 Å². The standard InChI is InChI=1S/C10H20O5/c1-10(2,3)6-5(4-11)15-9(14)8(13)7(6)12/h5-9,11-14H,4H2,1-3H3. The zero-order chi connectivity index (χ0) is 11.8. The van der Waals surface area contributed by atoms with Crippen LogP contribution in [-0.2, 0) is 4.74 Å². The number of aliphatic hydroxyl groups is 4. The maximum absolute atomic E-state index is 9.84. The Bertz CT molecular complexity index is 210. The third-order valence-electron chi connectivity index (χ3n) is 2.90. The normalized spacial score (nSPS) is 43.0. The van der Waals surface area contributed by atoms with Gasteiger partial charge in [0.05, 0.1) is 18.8 Å². The highest BCUT2D eigenvalue weighted by molar-refractivity contribution is 4.94. The molecule has 0 radical (unpaired) electrons. The van der Waals surface area contributed by atoms with Gasteiger partial charge in [-0.1, -0.05) is 20.8 Å². The van der Waals surface area contributed by atoms with Crippen LogP contribution in [0.15, 0.2) is 0 Å². The molecule has 0 spiro atoms. The lowest BCUT2D eigenvalue weighted by Crippen LogP contribution is -2.58. The maximum atomic E-state index is 9.84. The third kappa shape index (κ3) is 2.49. The van der Waals surface area contributed by atoms with Crippen molar-refractivity contribution in [3.05, 3.63) is 0 Å². The van der Waals surface area contributed by atoms with Crippen molar-refractivity contribution in [2.24, 2.45) is 11.3 Å². The number of rotatable bonds is 1. The fraction of sp³-hybridized carbons (Fsp3) is 1.00. The minimum absolute atomic E-state index is 0.289. The highest BCUT2D eigenvalue weighted by atomic mass is 16.6. The van der Waals surface area contributed by atoms with Crippen LogP contribution in [0, 0.1) is 11.3 Å². The van der Waals surface area contributed by atoms with E-state index in [1.54, 1.807) is 0 Å². The summed E-state index contributed by atoms with van der Waals surface area (Å²) in [6.45, 7) is 5.37. The first kappa shape index (κ1) is 12.9. The third-order valence-corrected chi connectivity index (χ3v) is 2.90. The average Bonchev–Trinajstić information content (AvgIpc) is 2.11. The molecular formula is C10H20O5. The molecule has 0 aromatic carbocycles. The average molecular weight is 220 g/mol. The summed E-state index contributed by atoms with van der Waals surface area (Å²) in [7, 11) is 0. The lowest BCUT2D eigenvalue weighted by Gasteiger charge is -2.46. The number of hydrogen-bond donors (Lipinski definition) is 4. The van der Waals surface area contributed by atoms with Gasteiger partial charge in [0.2, 0.25) is 0 Å². The molecule has 0 aromatic heterocycles. The van der Waals surface area contributed by atoms with Gasteiger partial charge in [-0.25, -0.2) is 0 Å². The molecule has 1 heterocycles. The van der Waals surface area contributed by atoms with Gasteiger partial charge in [-0.2, -0.15) is 0 Å². The van der Waals surface area contributed by atoms with Gasteiger partial charge in [0.25, 0.3) is 0 Å². The van der Waals surface area contributed by atoms with Crippen molar-refractivity contribution in [3.63, 3.8) is 0 Å². The van der Waals surface area contributed by atoms with E-state index < -0.39 is 30.5 Å². The van der Waals surface area contributed by atoms with Gasteiger partial charge < -0.3 is 25.2 Å². The summed E-state index contributed by atoms with van der Waals surface area (Å²) in [5.74, 6) is -0.416. The van der Waals surface area contributed by atoms with Crippen molar-refractivity contribution in [3.8, 4) is 0 Å². The Morgan fingerprint density at radius 1 is 1.07 bits per heavy atom. The van der Waals surface area contributed by atoms with Crippen molar-refractivity contribution in [1.29, 1.82) is 0 Å². The quantitative estimate of drug-likeness (QED) is 0.459. The maximum Gasteiger partial charge on any atom is 0.183 e. The first-order valence-electron chi connectivity index (χ1n) is 5.09. The van der Waals surface area contributed by atoms with E-state index in [2.05, 4.69) is 0 Å². The summed E-state index contributed by atoms with van der Waals surface area (Å²) >= 11 is 0. The number of aliphatic hydroxyl groups excluding tert-OH is 4. The van der Waals surface area contributed by atoms with E-state index in [9.17, 15) is 15.3 Å². The van der Waals surface area contributed by atoms with Gasteiger partial charge in [0, 0.05) is 5.92 Å². The molecule has 0 aromatic rings. The monoisotopic (exact) mass is 220 g/mol. The Morgan fingerprint density at radius 2 is 1.60 bits per heavy atom. The fourth-order valence-electron chi connectivity index (χ4n) is 2.17. The van der Waals surface area contributed by atoms with Crippen LogP contribution in [0.25, 0.3) is 0 Å². The minimum atomic E-state index is -1.43. The predicted octanol–water partition coefficient (Wildman–Crippen LogP) is -0.920. The SMILES string of the molecule is CC(C)(C)C1C(CO)OC(O)C(O)C1O. The molecule has 0 amide bonds. The van der Waals surface area contributed by atoms with Crippen LogP contribution >= 0.6 is 0 Å². The molecule has 4 N–H and O–H groups in total. The smallest absolute Gasteiger partial charge is 0.183 e. The molecule has 0 saturated carbocycles. The van der Waals surface area contributed by atoms with Crippen LogP contribution < -0.4 is 0 Å². The first-order chi connectivity index (χ1) is 6.79. The van der Waals surface area contributed by atoms with Gasteiger partial charge in [-0.15, -0.1) is 0 Å². The number of ether oxygens (including phenoxy) is 1. The van der Waals surface area contributed by atoms with Crippen molar-refractivity contribution in [1.82, 2.24) is 0 Å². The second-order valence-corrected chi connectivity index (χ2v) is 5.12. The van der Waals surface area contributed by atoms with E-state index >= 15 is 0 Å². The van der Waals surface area contributed by atoms with Crippen LogP contribution in [0.2, 0.25) is 0 Å². The molecule has 5 heteroatoms. The molecule has 5 atom stereocenters. The lowest BCUT2D eigenvalue weighted by atomic mass is 9.71. The second kappa shape index (κ2) is 4.35. The summed E-state index contributed by atoms with van der Waals surface area (Å²) in [6.07, 6.45) is -4.50. The van der Waals surface area contributed by atoms with Crippen molar-refractivity contribution in [2.45, 2.75) is 45.4 Å². The van der Waals surface area contributed by atoms with Gasteiger partial charge in [0.15, 0.2) is 6.29 Å². The van der Waals surface area contributed by atoms with E-state index in [0.29, 0.717) is 0 Å². The second-order valence-electron chi connectivity index (χ2n) is 5.12. The van der Waals surface area contributed by atoms with Crippen molar-refractivity contribution >= 4 is 0 Å². The number of hydrogen-bond acceptors (Lipinski definition) is 5. The zero-order valence-electron chi connectivity index (χ0n) is 9.29. The van der Waals surface area contributed by atoms with Crippen LogP contribution in [0.3, 0.4) is 0 Å².